The average Bonchev–Trinajstić information content (AvgIpc) is 2.76. The summed E-state index contributed by atoms with van der Waals surface area (Å²) in [6, 6.07) is 5.48. The Morgan fingerprint density at radius 3 is 2.38 bits per heavy atom. The maximum atomic E-state index is 13.7. The minimum absolute atomic E-state index is 0.0743. The fraction of sp³-hybridized carbons (Fsp3) is 0.300. The number of fused-ring (bicyclic) bond motifs is 1. The summed E-state index contributed by atoms with van der Waals surface area (Å²) in [5.74, 6) is -2.63. The van der Waals surface area contributed by atoms with Crippen molar-refractivity contribution in [3.63, 3.8) is 0 Å². The topological polar surface area (TPSA) is 74.7 Å². The number of hydrogen-bond acceptors (Lipinski definition) is 7. The number of methoxy groups -OCH3 is 2. The third-order valence-corrected chi connectivity index (χ3v) is 3.60. The lowest BCUT2D eigenvalue weighted by Gasteiger charge is -2.15. The van der Waals surface area contributed by atoms with Gasteiger partial charge in [0.25, 0.3) is 0 Å². The molecule has 1 N–H and O–H groups in total. The van der Waals surface area contributed by atoms with Gasteiger partial charge in [-0.3, -0.25) is 0 Å². The van der Waals surface area contributed by atoms with Gasteiger partial charge in [-0.1, -0.05) is 0 Å². The molecule has 0 radical (unpaired) electrons. The molecule has 1 heterocycles. The Kier molecular flexibility index (Phi) is 3.85. The van der Waals surface area contributed by atoms with Crippen LogP contribution >= 0.6 is 0 Å². The Bertz CT molecular complexity index is 1330. The molecular weight excluding hydrogens is 384 g/mol. The molecule has 0 saturated heterocycles. The fourth-order valence-corrected chi connectivity index (χ4v) is 2.37. The molecule has 3 aromatic rings. The lowest BCUT2D eigenvalue weighted by molar-refractivity contribution is 0.132. The van der Waals surface area contributed by atoms with Crippen molar-refractivity contribution in [2.24, 2.45) is 0 Å². The van der Waals surface area contributed by atoms with E-state index in [1.165, 1.54) is 18.2 Å². The lowest BCUT2D eigenvalue weighted by atomic mass is 10.2. The van der Waals surface area contributed by atoms with Crippen molar-refractivity contribution in [3.8, 4) is 11.5 Å². The number of aromatic nitrogens is 2. The van der Waals surface area contributed by atoms with E-state index in [0.717, 1.165) is 18.5 Å². The maximum absolute atomic E-state index is 13.7. The maximum Gasteiger partial charge on any atom is 0.163 e. The van der Waals surface area contributed by atoms with Crippen LogP contribution in [0.1, 0.15) is 13.7 Å². The van der Waals surface area contributed by atoms with Crippen LogP contribution < -0.4 is 14.8 Å². The van der Waals surface area contributed by atoms with Crippen LogP contribution in [0.4, 0.5) is 20.3 Å². The molecule has 2 aromatic carbocycles. The summed E-state index contributed by atoms with van der Waals surface area (Å²) in [7, 11) is -6.17. The van der Waals surface area contributed by atoms with Crippen molar-refractivity contribution >= 4 is 22.4 Å². The van der Waals surface area contributed by atoms with Gasteiger partial charge in [-0.05, 0) is 18.2 Å². The van der Waals surface area contributed by atoms with Gasteiger partial charge in [0.15, 0.2) is 23.1 Å². The first-order valence-corrected chi connectivity index (χ1v) is 7.99. The van der Waals surface area contributed by atoms with Crippen molar-refractivity contribution in [1.82, 2.24) is 9.97 Å². The fourth-order valence-electron chi connectivity index (χ4n) is 2.37. The van der Waals surface area contributed by atoms with Crippen molar-refractivity contribution in [2.75, 3.05) is 45.7 Å². The second kappa shape index (κ2) is 9.94. The highest BCUT2D eigenvalue weighted by Crippen LogP contribution is 2.35. The van der Waals surface area contributed by atoms with E-state index in [0.29, 0.717) is 0 Å². The van der Waals surface area contributed by atoms with Crippen molar-refractivity contribution in [3.05, 3.63) is 48.3 Å². The van der Waals surface area contributed by atoms with Crippen LogP contribution in [0.3, 0.4) is 0 Å². The minimum atomic E-state index is -3.09. The van der Waals surface area contributed by atoms with Crippen LogP contribution in [0.5, 0.6) is 11.5 Å². The molecule has 9 heteroatoms. The lowest BCUT2D eigenvalue weighted by Crippen LogP contribution is -2.09. The van der Waals surface area contributed by atoms with Crippen LogP contribution in [0.15, 0.2) is 36.7 Å². The van der Waals surface area contributed by atoms with E-state index >= 15 is 0 Å². The molecule has 0 spiro atoms. The molecule has 0 fully saturated rings. The molecule has 29 heavy (non-hydrogen) atoms. The highest BCUT2D eigenvalue weighted by atomic mass is 19.2. The third-order valence-electron chi connectivity index (χ3n) is 3.60. The zero-order chi connectivity index (χ0) is 29.2. The summed E-state index contributed by atoms with van der Waals surface area (Å²) in [6.45, 7) is -7.51. The summed E-state index contributed by atoms with van der Waals surface area (Å²) in [6.07, 6.45) is 1.12. The first kappa shape index (κ1) is 11.2. The number of nitrogens with zero attached hydrogens (tertiary/aromatic N) is 2. The van der Waals surface area contributed by atoms with E-state index in [2.05, 4.69) is 24.8 Å². The number of benzene rings is 2. The Labute approximate surface area is 180 Å². The summed E-state index contributed by atoms with van der Waals surface area (Å²) in [5, 5.41) is 2.98. The molecule has 0 amide bonds. The number of rotatable bonds is 10. The molecule has 7 nitrogen and oxygen atoms in total. The first-order valence-electron chi connectivity index (χ1n) is 13.0. The van der Waals surface area contributed by atoms with Gasteiger partial charge in [-0.15, -0.1) is 0 Å². The third kappa shape index (κ3) is 5.27. The second-order valence-electron chi connectivity index (χ2n) is 5.36. The van der Waals surface area contributed by atoms with Crippen LogP contribution in [-0.4, -0.2) is 50.4 Å². The zero-order valence-corrected chi connectivity index (χ0v) is 14.7. The smallest absolute Gasteiger partial charge is 0.163 e. The summed E-state index contributed by atoms with van der Waals surface area (Å²) in [4.78, 5) is 8.13. The van der Waals surface area contributed by atoms with E-state index < -0.39 is 52.0 Å². The molecule has 0 saturated carbocycles. The number of halogens is 2. The predicted molar refractivity (Wildman–Crippen MR) is 104 cm³/mol. The summed E-state index contributed by atoms with van der Waals surface area (Å²) >= 11 is 0. The molecule has 1 aromatic heterocycles. The summed E-state index contributed by atoms with van der Waals surface area (Å²) < 4.78 is 120. The Morgan fingerprint density at radius 2 is 1.69 bits per heavy atom. The van der Waals surface area contributed by atoms with E-state index in [4.69, 9.17) is 23.2 Å². The number of nitrogens with one attached hydrogen (secondary N) is 1. The Morgan fingerprint density at radius 1 is 0.966 bits per heavy atom. The monoisotopic (exact) mass is 415 g/mol. The second-order valence-corrected chi connectivity index (χ2v) is 5.36. The van der Waals surface area contributed by atoms with Crippen molar-refractivity contribution in [1.29, 1.82) is 0 Å². The van der Waals surface area contributed by atoms with Gasteiger partial charge in [0.1, 0.15) is 25.4 Å². The molecule has 0 unspecified atom stereocenters. The van der Waals surface area contributed by atoms with Crippen LogP contribution in [0.25, 0.3) is 10.9 Å². The summed E-state index contributed by atoms with van der Waals surface area (Å²) in [5.41, 5.74) is 0.283. The number of ether oxygens (including phenoxy) is 4. The van der Waals surface area contributed by atoms with Gasteiger partial charge in [0.2, 0.25) is 0 Å². The average molecular weight is 415 g/mol. The van der Waals surface area contributed by atoms with Gasteiger partial charge in [0.05, 0.1) is 32.3 Å². The molecule has 3 rings (SSSR count). The van der Waals surface area contributed by atoms with Crippen LogP contribution in [0, 0.1) is 11.6 Å². The highest BCUT2D eigenvalue weighted by molar-refractivity contribution is 5.93. The normalized spacial score (nSPS) is 17.9. The highest BCUT2D eigenvalue weighted by Gasteiger charge is 2.13. The van der Waals surface area contributed by atoms with Gasteiger partial charge < -0.3 is 24.3 Å². The molecule has 0 atom stereocenters. The van der Waals surface area contributed by atoms with Gasteiger partial charge in [-0.2, -0.15) is 0 Å². The molecular formula is C20H21F2N3O4. The first-order chi connectivity index (χ1) is 17.8. The van der Waals surface area contributed by atoms with Gasteiger partial charge >= 0.3 is 0 Å². The molecule has 0 aliphatic heterocycles. The SMILES string of the molecule is [2H]C([2H])([2H])OC([2H])([2H])COc1cc2ncnc(Nc3ccc(F)c(F)c3)c2cc1OCC([2H])([2H])OC([2H])([2H])[2H]. The largest absolute Gasteiger partial charge is 0.487 e. The predicted octanol–water partition coefficient (Wildman–Crippen LogP) is 3.70. The quantitative estimate of drug-likeness (QED) is 0.541. The van der Waals surface area contributed by atoms with Gasteiger partial charge in [-0.25, -0.2) is 18.7 Å². The minimum Gasteiger partial charge on any atom is -0.487 e. The molecule has 0 aliphatic rings. The van der Waals surface area contributed by atoms with Crippen molar-refractivity contribution < 1.29 is 41.4 Å². The van der Waals surface area contributed by atoms with E-state index in [-0.39, 0.29) is 33.9 Å². The van der Waals surface area contributed by atoms with Crippen LogP contribution in [-0.2, 0) is 9.47 Å². The molecule has 0 bridgehead atoms. The Hall–Kier alpha value is -3.04. The molecule has 154 valence electrons. The van der Waals surface area contributed by atoms with E-state index in [1.807, 2.05) is 0 Å². The molecule has 0 aliphatic carbocycles. The standard InChI is InChI=1S/C20H21F2N3O4/c1-26-5-7-28-18-10-14-17(11-19(18)29-8-6-27-2)23-12-24-20(14)25-13-3-4-15(21)16(22)9-13/h3-4,9-12H,5-8H2,1-2H3,(H,23,24,25)/i1D3,2D3,5D2,6D2. The number of hydrogen-bond donors (Lipinski definition) is 1. The van der Waals surface area contributed by atoms with E-state index in [9.17, 15) is 8.78 Å². The Balaban J connectivity index is 1.99. The van der Waals surface area contributed by atoms with Crippen molar-refractivity contribution in [2.45, 2.75) is 0 Å². The zero-order valence-electron chi connectivity index (χ0n) is 24.7. The number of anilines is 2. The van der Waals surface area contributed by atoms with Crippen LogP contribution in [0.2, 0.25) is 0 Å². The van der Waals surface area contributed by atoms with E-state index in [1.54, 1.807) is 0 Å². The van der Waals surface area contributed by atoms with Gasteiger partial charge in [0, 0.05) is 37.3 Å².